The Hall–Kier alpha value is -1.51. The van der Waals surface area contributed by atoms with Crippen LogP contribution in [0.15, 0.2) is 18.2 Å². The van der Waals surface area contributed by atoms with Gasteiger partial charge in [0.1, 0.15) is 11.9 Å². The van der Waals surface area contributed by atoms with Crippen molar-refractivity contribution in [2.75, 3.05) is 7.11 Å². The smallest absolute Gasteiger partial charge is 0.338 e. The van der Waals surface area contributed by atoms with Gasteiger partial charge in [-0.15, -0.1) is 0 Å². The molecule has 0 saturated heterocycles. The lowest BCUT2D eigenvalue weighted by atomic mass is 9.89. The lowest BCUT2D eigenvalue weighted by Crippen LogP contribution is -2.23. The molecule has 0 spiro atoms. The van der Waals surface area contributed by atoms with Crippen LogP contribution in [-0.2, 0) is 4.74 Å². The number of hydrogen-bond acceptors (Lipinski definition) is 3. The molecule has 0 radical (unpaired) electrons. The second kappa shape index (κ2) is 6.09. The highest BCUT2D eigenvalue weighted by atomic mass is 16.5. The summed E-state index contributed by atoms with van der Waals surface area (Å²) in [5.74, 6) is 1.25. The molecule has 0 N–H and O–H groups in total. The third-order valence-electron chi connectivity index (χ3n) is 3.88. The summed E-state index contributed by atoms with van der Waals surface area (Å²) in [7, 11) is 1.61. The normalized spacial score (nSPS) is 22.9. The van der Waals surface area contributed by atoms with Gasteiger partial charge in [0.05, 0.1) is 12.7 Å². The summed E-state index contributed by atoms with van der Waals surface area (Å²) in [6.45, 7) is 4.21. The van der Waals surface area contributed by atoms with Gasteiger partial charge in [-0.3, -0.25) is 0 Å². The SMILES string of the molecule is COc1cc(C(=O)OC2CCC(C)CC2)ccc1C. The summed E-state index contributed by atoms with van der Waals surface area (Å²) in [6, 6.07) is 5.44. The van der Waals surface area contributed by atoms with Crippen LogP contribution in [0.5, 0.6) is 5.75 Å². The molecule has 0 aliphatic heterocycles. The molecule has 0 unspecified atom stereocenters. The third-order valence-corrected chi connectivity index (χ3v) is 3.88. The largest absolute Gasteiger partial charge is 0.496 e. The fourth-order valence-corrected chi connectivity index (χ4v) is 2.51. The summed E-state index contributed by atoms with van der Waals surface area (Å²) < 4.78 is 10.8. The minimum absolute atomic E-state index is 0.0796. The number of esters is 1. The first kappa shape index (κ1) is 13.9. The van der Waals surface area contributed by atoms with Crippen LogP contribution < -0.4 is 4.74 Å². The first-order chi connectivity index (χ1) is 9.10. The van der Waals surface area contributed by atoms with Crippen LogP contribution >= 0.6 is 0 Å². The Morgan fingerprint density at radius 1 is 1.21 bits per heavy atom. The van der Waals surface area contributed by atoms with E-state index in [2.05, 4.69) is 6.92 Å². The van der Waals surface area contributed by atoms with Crippen molar-refractivity contribution < 1.29 is 14.3 Å². The second-order valence-electron chi connectivity index (χ2n) is 5.47. The molecule has 104 valence electrons. The van der Waals surface area contributed by atoms with E-state index in [9.17, 15) is 4.79 Å². The fourth-order valence-electron chi connectivity index (χ4n) is 2.51. The predicted octanol–water partition coefficient (Wildman–Crippen LogP) is 3.74. The van der Waals surface area contributed by atoms with Gasteiger partial charge in [-0.05, 0) is 56.2 Å². The Labute approximate surface area is 114 Å². The number of carbonyl (C=O) groups is 1. The number of methoxy groups -OCH3 is 1. The standard InChI is InChI=1S/C16H22O3/c1-11-4-8-14(9-5-11)19-16(17)13-7-6-12(2)15(10-13)18-3/h6-7,10-11,14H,4-5,8-9H2,1-3H3. The van der Waals surface area contributed by atoms with Gasteiger partial charge < -0.3 is 9.47 Å². The first-order valence-electron chi connectivity index (χ1n) is 6.95. The molecular formula is C16H22O3. The van der Waals surface area contributed by atoms with Crippen LogP contribution in [0, 0.1) is 12.8 Å². The number of aryl methyl sites for hydroxylation is 1. The van der Waals surface area contributed by atoms with Crippen LogP contribution in [0.4, 0.5) is 0 Å². The quantitative estimate of drug-likeness (QED) is 0.778. The lowest BCUT2D eigenvalue weighted by molar-refractivity contribution is 0.0173. The van der Waals surface area contributed by atoms with Crippen molar-refractivity contribution in [2.24, 2.45) is 5.92 Å². The van der Waals surface area contributed by atoms with Crippen LogP contribution in [0.2, 0.25) is 0 Å². The maximum Gasteiger partial charge on any atom is 0.338 e. The van der Waals surface area contributed by atoms with E-state index >= 15 is 0 Å². The number of ether oxygens (including phenoxy) is 2. The fraction of sp³-hybridized carbons (Fsp3) is 0.562. The van der Waals surface area contributed by atoms with E-state index in [1.165, 1.54) is 0 Å². The molecule has 0 amide bonds. The van der Waals surface area contributed by atoms with Crippen molar-refractivity contribution in [1.82, 2.24) is 0 Å². The molecule has 1 aromatic rings. The molecule has 1 aliphatic rings. The van der Waals surface area contributed by atoms with Crippen LogP contribution in [0.1, 0.15) is 48.5 Å². The van der Waals surface area contributed by atoms with Crippen molar-refractivity contribution in [3.63, 3.8) is 0 Å². The van der Waals surface area contributed by atoms with Gasteiger partial charge >= 0.3 is 5.97 Å². The van der Waals surface area contributed by atoms with Gasteiger partial charge in [0.2, 0.25) is 0 Å². The highest BCUT2D eigenvalue weighted by molar-refractivity contribution is 5.90. The summed E-state index contributed by atoms with van der Waals surface area (Å²) >= 11 is 0. The first-order valence-corrected chi connectivity index (χ1v) is 6.95. The summed E-state index contributed by atoms with van der Waals surface area (Å²) in [4.78, 5) is 12.1. The molecule has 1 saturated carbocycles. The van der Waals surface area contributed by atoms with Gasteiger partial charge in [0.25, 0.3) is 0 Å². The average Bonchev–Trinajstić information content (AvgIpc) is 2.42. The molecule has 3 heteroatoms. The van der Waals surface area contributed by atoms with E-state index in [-0.39, 0.29) is 12.1 Å². The Kier molecular flexibility index (Phi) is 4.46. The van der Waals surface area contributed by atoms with E-state index < -0.39 is 0 Å². The molecular weight excluding hydrogens is 240 g/mol. The van der Waals surface area contributed by atoms with Crippen molar-refractivity contribution in [2.45, 2.75) is 45.6 Å². The van der Waals surface area contributed by atoms with Gasteiger partial charge in [-0.2, -0.15) is 0 Å². The molecule has 1 aromatic carbocycles. The summed E-state index contributed by atoms with van der Waals surface area (Å²) in [5.41, 5.74) is 1.59. The predicted molar refractivity (Wildman–Crippen MR) is 74.6 cm³/mol. The zero-order valence-corrected chi connectivity index (χ0v) is 11.9. The maximum atomic E-state index is 12.1. The van der Waals surface area contributed by atoms with Crippen molar-refractivity contribution in [3.05, 3.63) is 29.3 Å². The number of rotatable bonds is 3. The van der Waals surface area contributed by atoms with E-state index in [1.54, 1.807) is 19.2 Å². The molecule has 3 nitrogen and oxygen atoms in total. The summed E-state index contributed by atoms with van der Waals surface area (Å²) in [6.07, 6.45) is 4.34. The minimum Gasteiger partial charge on any atom is -0.496 e. The molecule has 2 rings (SSSR count). The Balaban J connectivity index is 2.00. The Morgan fingerprint density at radius 3 is 2.53 bits per heavy atom. The monoisotopic (exact) mass is 262 g/mol. The van der Waals surface area contributed by atoms with Gasteiger partial charge in [-0.25, -0.2) is 4.79 Å². The van der Waals surface area contributed by atoms with E-state index in [4.69, 9.17) is 9.47 Å². The average molecular weight is 262 g/mol. The molecule has 0 heterocycles. The minimum atomic E-state index is -0.238. The van der Waals surface area contributed by atoms with E-state index in [1.807, 2.05) is 13.0 Å². The number of carbonyl (C=O) groups excluding carboxylic acids is 1. The van der Waals surface area contributed by atoms with Crippen molar-refractivity contribution in [3.8, 4) is 5.75 Å². The molecule has 0 aromatic heterocycles. The van der Waals surface area contributed by atoms with Gasteiger partial charge in [-0.1, -0.05) is 13.0 Å². The van der Waals surface area contributed by atoms with Gasteiger partial charge in [0, 0.05) is 0 Å². The van der Waals surface area contributed by atoms with Crippen molar-refractivity contribution >= 4 is 5.97 Å². The number of benzene rings is 1. The lowest BCUT2D eigenvalue weighted by Gasteiger charge is -2.26. The topological polar surface area (TPSA) is 35.5 Å². The Morgan fingerprint density at radius 2 is 1.89 bits per heavy atom. The maximum absolute atomic E-state index is 12.1. The van der Waals surface area contributed by atoms with Crippen molar-refractivity contribution in [1.29, 1.82) is 0 Å². The zero-order chi connectivity index (χ0) is 13.8. The molecule has 1 aliphatic carbocycles. The highest BCUT2D eigenvalue weighted by Gasteiger charge is 2.22. The number of hydrogen-bond donors (Lipinski definition) is 0. The second-order valence-corrected chi connectivity index (χ2v) is 5.47. The third kappa shape index (κ3) is 3.49. The molecule has 19 heavy (non-hydrogen) atoms. The Bertz CT molecular complexity index is 445. The van der Waals surface area contributed by atoms with E-state index in [0.29, 0.717) is 5.56 Å². The molecule has 1 fully saturated rings. The summed E-state index contributed by atoms with van der Waals surface area (Å²) in [5, 5.41) is 0. The molecule has 0 atom stereocenters. The zero-order valence-electron chi connectivity index (χ0n) is 11.9. The van der Waals surface area contributed by atoms with Crippen LogP contribution in [0.3, 0.4) is 0 Å². The highest BCUT2D eigenvalue weighted by Crippen LogP contribution is 2.27. The molecule has 0 bridgehead atoms. The van der Waals surface area contributed by atoms with Crippen LogP contribution in [-0.4, -0.2) is 19.2 Å². The van der Waals surface area contributed by atoms with E-state index in [0.717, 1.165) is 42.9 Å². The van der Waals surface area contributed by atoms with Crippen LogP contribution in [0.25, 0.3) is 0 Å². The van der Waals surface area contributed by atoms with Gasteiger partial charge in [0.15, 0.2) is 0 Å².